The smallest absolute Gasteiger partial charge is 0.0754 e. The molecule has 1 spiro atoms. The number of anilines is 3. The quantitative estimate of drug-likeness (QED) is 0.162. The van der Waals surface area contributed by atoms with Crippen LogP contribution in [0.3, 0.4) is 0 Å². The largest absolute Gasteiger partial charge is 0.310 e. The van der Waals surface area contributed by atoms with Crippen LogP contribution in [0.1, 0.15) is 22.3 Å². The summed E-state index contributed by atoms with van der Waals surface area (Å²) in [4.78, 5) is 2.40. The van der Waals surface area contributed by atoms with Crippen LogP contribution in [0.25, 0.3) is 82.8 Å². The fourth-order valence-corrected chi connectivity index (χ4v) is 11.7. The van der Waals surface area contributed by atoms with Crippen molar-refractivity contribution in [3.05, 3.63) is 277 Å². The van der Waals surface area contributed by atoms with E-state index >= 15 is 0 Å². The van der Waals surface area contributed by atoms with E-state index in [-0.39, 0.29) is 0 Å². The highest BCUT2D eigenvalue weighted by atomic mass is 15.1. The van der Waals surface area contributed by atoms with Crippen LogP contribution >= 0.6 is 0 Å². The van der Waals surface area contributed by atoms with E-state index in [1.54, 1.807) is 0 Å². The van der Waals surface area contributed by atoms with Crippen molar-refractivity contribution in [1.29, 1.82) is 0 Å². The molecule has 67 heavy (non-hydrogen) atoms. The molecule has 1 aromatic heterocycles. The third-order valence-electron chi connectivity index (χ3n) is 14.5. The molecular weight excluding hydrogens is 809 g/mol. The summed E-state index contributed by atoms with van der Waals surface area (Å²) < 4.78 is 2.52. The second-order valence-electron chi connectivity index (χ2n) is 18.0. The van der Waals surface area contributed by atoms with Crippen molar-refractivity contribution in [1.82, 2.24) is 4.57 Å². The van der Waals surface area contributed by atoms with Gasteiger partial charge in [0.15, 0.2) is 0 Å². The lowest BCUT2D eigenvalue weighted by Gasteiger charge is -2.39. The standard InChI is InChI=1S/C65H42N2/c1-3-17-43(18-4-1)44-19-15-20-49(40-44)52-23-8-12-30-61(52)66(50-21-5-2-6-22-50)51-37-35-46-39-45(33-34-47(46)41-51)48-36-38-54-53-24-7-10-27-57(53)65(60(54)42-48)58-28-11-14-32-63(58)67-62-31-13-9-25-55(62)56-26-16-29-59(65)64(56)67/h1-42H. The average molecular weight is 851 g/mol. The molecule has 2 aliphatic rings. The SMILES string of the molecule is c1ccc(-c2cccc(-c3ccccc3N(c3ccccc3)c3ccc4cc(-c5ccc6c(c5)C5(c7ccccc7-6)c6ccccc6-n6c7ccccc7c7cccc5c76)ccc4c3)c2)cc1. The molecule has 1 aliphatic heterocycles. The fraction of sp³-hybridized carbons (Fsp3) is 0.0154. The molecule has 312 valence electrons. The minimum atomic E-state index is -0.492. The van der Waals surface area contributed by atoms with Gasteiger partial charge in [-0.3, -0.25) is 0 Å². The van der Waals surface area contributed by atoms with Crippen LogP contribution in [0.4, 0.5) is 17.1 Å². The highest BCUT2D eigenvalue weighted by molar-refractivity contribution is 6.13. The van der Waals surface area contributed by atoms with E-state index in [0.29, 0.717) is 0 Å². The number of nitrogens with zero attached hydrogens (tertiary/aromatic N) is 2. The van der Waals surface area contributed by atoms with E-state index < -0.39 is 5.41 Å². The van der Waals surface area contributed by atoms with Crippen LogP contribution in [-0.4, -0.2) is 4.57 Å². The first-order valence-electron chi connectivity index (χ1n) is 23.3. The fourth-order valence-electron chi connectivity index (χ4n) is 11.7. The van der Waals surface area contributed by atoms with Crippen molar-refractivity contribution in [3.63, 3.8) is 0 Å². The summed E-state index contributed by atoms with van der Waals surface area (Å²) in [6, 6.07) is 94.3. The minimum Gasteiger partial charge on any atom is -0.310 e. The maximum absolute atomic E-state index is 2.52. The van der Waals surface area contributed by atoms with Gasteiger partial charge in [0.25, 0.3) is 0 Å². The second-order valence-corrected chi connectivity index (χ2v) is 18.0. The Bertz CT molecular complexity index is 3940. The first kappa shape index (κ1) is 37.6. The average Bonchev–Trinajstić information content (AvgIpc) is 3.90. The first-order chi connectivity index (χ1) is 33.2. The summed E-state index contributed by atoms with van der Waals surface area (Å²) in [5.74, 6) is 0. The zero-order valence-electron chi connectivity index (χ0n) is 36.6. The van der Waals surface area contributed by atoms with E-state index in [9.17, 15) is 0 Å². The maximum Gasteiger partial charge on any atom is 0.0754 e. The van der Waals surface area contributed by atoms with Crippen molar-refractivity contribution in [2.24, 2.45) is 0 Å². The Kier molecular flexibility index (Phi) is 8.23. The lowest BCUT2D eigenvalue weighted by atomic mass is 9.65. The van der Waals surface area contributed by atoms with Crippen LogP contribution in [-0.2, 0) is 5.41 Å². The molecule has 1 atom stereocenters. The molecule has 0 radical (unpaired) electrons. The number of fused-ring (bicyclic) bond motifs is 13. The normalized spacial score (nSPS) is 14.3. The van der Waals surface area contributed by atoms with Crippen molar-refractivity contribution in [3.8, 4) is 50.2 Å². The van der Waals surface area contributed by atoms with Gasteiger partial charge in [-0.15, -0.1) is 0 Å². The van der Waals surface area contributed by atoms with E-state index in [1.165, 1.54) is 105 Å². The van der Waals surface area contributed by atoms with Crippen LogP contribution in [0.5, 0.6) is 0 Å². The number of benzene rings is 11. The Balaban J connectivity index is 0.907. The molecule has 1 unspecified atom stereocenters. The predicted octanol–water partition coefficient (Wildman–Crippen LogP) is 17.1. The van der Waals surface area contributed by atoms with Gasteiger partial charge in [0.1, 0.15) is 0 Å². The zero-order chi connectivity index (χ0) is 44.1. The molecule has 0 saturated carbocycles. The molecule has 2 nitrogen and oxygen atoms in total. The lowest BCUT2D eigenvalue weighted by molar-refractivity contribution is 0.749. The summed E-state index contributed by atoms with van der Waals surface area (Å²) in [5.41, 5.74) is 21.8. The number of hydrogen-bond acceptors (Lipinski definition) is 1. The Morgan fingerprint density at radius 2 is 0.910 bits per heavy atom. The number of hydrogen-bond donors (Lipinski definition) is 0. The van der Waals surface area contributed by atoms with E-state index in [0.717, 1.165) is 17.1 Å². The molecule has 0 fully saturated rings. The molecule has 14 rings (SSSR count). The molecule has 0 saturated heterocycles. The minimum absolute atomic E-state index is 0.492. The molecule has 0 amide bonds. The van der Waals surface area contributed by atoms with Gasteiger partial charge < -0.3 is 9.47 Å². The Hall–Kier alpha value is -8.72. The zero-order valence-corrected chi connectivity index (χ0v) is 36.6. The third-order valence-corrected chi connectivity index (χ3v) is 14.5. The van der Waals surface area contributed by atoms with Crippen molar-refractivity contribution >= 4 is 49.6 Å². The van der Waals surface area contributed by atoms with Crippen LogP contribution in [0.15, 0.2) is 255 Å². The molecule has 2 heteroatoms. The topological polar surface area (TPSA) is 8.17 Å². The summed E-state index contributed by atoms with van der Waals surface area (Å²) >= 11 is 0. The first-order valence-corrected chi connectivity index (χ1v) is 23.3. The van der Waals surface area contributed by atoms with Crippen LogP contribution in [0.2, 0.25) is 0 Å². The van der Waals surface area contributed by atoms with Gasteiger partial charge in [0.05, 0.1) is 27.8 Å². The Labute approximate surface area is 389 Å². The molecule has 12 aromatic rings. The van der Waals surface area contributed by atoms with Gasteiger partial charge >= 0.3 is 0 Å². The van der Waals surface area contributed by atoms with Gasteiger partial charge in [0.2, 0.25) is 0 Å². The monoisotopic (exact) mass is 850 g/mol. The van der Waals surface area contributed by atoms with E-state index in [1.807, 2.05) is 0 Å². The number of rotatable bonds is 6. The van der Waals surface area contributed by atoms with Crippen LogP contribution < -0.4 is 4.90 Å². The maximum atomic E-state index is 2.52. The summed E-state index contributed by atoms with van der Waals surface area (Å²) in [6.45, 7) is 0. The van der Waals surface area contributed by atoms with E-state index in [4.69, 9.17) is 0 Å². The van der Waals surface area contributed by atoms with Gasteiger partial charge in [0, 0.05) is 27.7 Å². The summed E-state index contributed by atoms with van der Waals surface area (Å²) in [6.07, 6.45) is 0. The number of para-hydroxylation sites is 5. The van der Waals surface area contributed by atoms with Gasteiger partial charge in [-0.25, -0.2) is 0 Å². The van der Waals surface area contributed by atoms with Gasteiger partial charge in [-0.1, -0.05) is 194 Å². The highest BCUT2D eigenvalue weighted by Crippen LogP contribution is 2.61. The summed E-state index contributed by atoms with van der Waals surface area (Å²) in [7, 11) is 0. The van der Waals surface area contributed by atoms with E-state index in [2.05, 4.69) is 264 Å². The molecule has 11 aromatic carbocycles. The third kappa shape index (κ3) is 5.51. The Morgan fingerprint density at radius 1 is 0.313 bits per heavy atom. The predicted molar refractivity (Wildman–Crippen MR) is 280 cm³/mol. The van der Waals surface area contributed by atoms with Gasteiger partial charge in [-0.05, 0) is 133 Å². The highest BCUT2D eigenvalue weighted by Gasteiger charge is 2.50. The molecule has 0 bridgehead atoms. The molecule has 0 N–H and O–H groups in total. The number of aromatic nitrogens is 1. The second kappa shape index (κ2) is 14.7. The lowest BCUT2D eigenvalue weighted by Crippen LogP contribution is -2.33. The van der Waals surface area contributed by atoms with Gasteiger partial charge in [-0.2, -0.15) is 0 Å². The molecule has 1 aliphatic carbocycles. The summed E-state index contributed by atoms with van der Waals surface area (Å²) in [5, 5.41) is 4.98. The van der Waals surface area contributed by atoms with Crippen molar-refractivity contribution in [2.45, 2.75) is 5.41 Å². The van der Waals surface area contributed by atoms with Crippen molar-refractivity contribution < 1.29 is 0 Å². The Morgan fingerprint density at radius 3 is 1.81 bits per heavy atom. The van der Waals surface area contributed by atoms with Crippen molar-refractivity contribution in [2.75, 3.05) is 4.90 Å². The molecular formula is C65H42N2. The van der Waals surface area contributed by atoms with Crippen LogP contribution in [0, 0.1) is 0 Å². The molecule has 2 heterocycles.